The number of hydrogen-bond donors (Lipinski definition) is 1. The molecule has 0 unspecified atom stereocenters. The van der Waals surface area contributed by atoms with Gasteiger partial charge in [-0.15, -0.1) is 0 Å². The molecule has 0 spiro atoms. The third-order valence-electron chi connectivity index (χ3n) is 2.24. The highest BCUT2D eigenvalue weighted by Crippen LogP contribution is 2.27. The van der Waals surface area contributed by atoms with Gasteiger partial charge in [-0.1, -0.05) is 6.42 Å². The van der Waals surface area contributed by atoms with Gasteiger partial charge in [0.05, 0.1) is 0 Å². The summed E-state index contributed by atoms with van der Waals surface area (Å²) in [6.07, 6.45) is 0.248. The summed E-state index contributed by atoms with van der Waals surface area (Å²) in [7, 11) is 0. The van der Waals surface area contributed by atoms with Crippen molar-refractivity contribution < 1.29 is 13.6 Å². The molecule has 0 aromatic carbocycles. The van der Waals surface area contributed by atoms with Gasteiger partial charge in [0.2, 0.25) is 0 Å². The van der Waals surface area contributed by atoms with E-state index in [1.807, 2.05) is 5.43 Å². The Labute approximate surface area is 75.2 Å². The van der Waals surface area contributed by atoms with E-state index < -0.39 is 12.3 Å². The lowest BCUT2D eigenvalue weighted by molar-refractivity contribution is -0.131. The molecule has 3 nitrogen and oxygen atoms in total. The van der Waals surface area contributed by atoms with Crippen molar-refractivity contribution in [2.75, 3.05) is 0 Å². The maximum absolute atomic E-state index is 11.7. The van der Waals surface area contributed by atoms with Crippen molar-refractivity contribution in [1.82, 2.24) is 5.43 Å². The molecule has 1 N–H and O–H groups in total. The van der Waals surface area contributed by atoms with Crippen LogP contribution in [0.15, 0.2) is 5.10 Å². The van der Waals surface area contributed by atoms with Crippen LogP contribution in [-0.2, 0) is 4.79 Å². The molecule has 1 aliphatic carbocycles. The van der Waals surface area contributed by atoms with Gasteiger partial charge in [-0.05, 0) is 25.7 Å². The van der Waals surface area contributed by atoms with Crippen LogP contribution >= 0.6 is 0 Å². The van der Waals surface area contributed by atoms with E-state index in [4.69, 9.17) is 0 Å². The van der Waals surface area contributed by atoms with Crippen molar-refractivity contribution in [2.24, 2.45) is 11.0 Å². The summed E-state index contributed by atoms with van der Waals surface area (Å²) in [4.78, 5) is 10.4. The molecule has 13 heavy (non-hydrogen) atoms. The van der Waals surface area contributed by atoms with Crippen LogP contribution in [0.1, 0.15) is 26.2 Å². The fourth-order valence-electron chi connectivity index (χ4n) is 1.11. The zero-order valence-corrected chi connectivity index (χ0v) is 7.39. The maximum atomic E-state index is 11.7. The number of nitrogens with zero attached hydrogens (tertiary/aromatic N) is 1. The van der Waals surface area contributed by atoms with E-state index >= 15 is 0 Å². The van der Waals surface area contributed by atoms with Gasteiger partial charge in [-0.25, -0.2) is 5.43 Å². The van der Waals surface area contributed by atoms with Crippen molar-refractivity contribution >= 4 is 11.6 Å². The molecule has 0 aromatic heterocycles. The van der Waals surface area contributed by atoms with E-state index in [-0.39, 0.29) is 0 Å². The molecule has 0 aliphatic heterocycles. The van der Waals surface area contributed by atoms with Crippen LogP contribution in [0, 0.1) is 5.92 Å². The van der Waals surface area contributed by atoms with Crippen molar-refractivity contribution in [3.8, 4) is 0 Å². The first-order valence-electron chi connectivity index (χ1n) is 4.23. The summed E-state index contributed by atoms with van der Waals surface area (Å²) in [5.74, 6) is -0.961. The average Bonchev–Trinajstić information content (AvgIpc) is 1.96. The molecule has 0 atom stereocenters. The molecule has 0 bridgehead atoms. The minimum absolute atomic E-state index is 0.373. The van der Waals surface area contributed by atoms with Crippen LogP contribution in [0.3, 0.4) is 0 Å². The zero-order chi connectivity index (χ0) is 9.84. The van der Waals surface area contributed by atoms with Crippen LogP contribution in [0.5, 0.6) is 0 Å². The van der Waals surface area contributed by atoms with E-state index in [0.717, 1.165) is 25.0 Å². The number of amides is 1. The minimum atomic E-state index is -2.99. The SMILES string of the molecule is C/C(=N\NC(=O)C(F)F)C1CCC1. The van der Waals surface area contributed by atoms with Crippen LogP contribution in [-0.4, -0.2) is 18.0 Å². The molecule has 1 rings (SSSR count). The molecule has 74 valence electrons. The summed E-state index contributed by atoms with van der Waals surface area (Å²) in [5.41, 5.74) is 2.57. The van der Waals surface area contributed by atoms with E-state index in [1.165, 1.54) is 0 Å². The first-order chi connectivity index (χ1) is 6.11. The Morgan fingerprint density at radius 3 is 2.54 bits per heavy atom. The van der Waals surface area contributed by atoms with Crippen molar-refractivity contribution in [1.29, 1.82) is 0 Å². The molecule has 0 saturated heterocycles. The van der Waals surface area contributed by atoms with Crippen LogP contribution in [0.4, 0.5) is 8.78 Å². The maximum Gasteiger partial charge on any atom is 0.317 e. The second-order valence-electron chi connectivity index (χ2n) is 3.16. The molecule has 0 heterocycles. The van der Waals surface area contributed by atoms with Gasteiger partial charge in [0.15, 0.2) is 0 Å². The minimum Gasteiger partial charge on any atom is -0.266 e. The molecular weight excluding hydrogens is 178 g/mol. The number of hydrogen-bond acceptors (Lipinski definition) is 2. The lowest BCUT2D eigenvalue weighted by Crippen LogP contribution is -2.28. The Balaban J connectivity index is 2.33. The highest BCUT2D eigenvalue weighted by atomic mass is 19.3. The van der Waals surface area contributed by atoms with Gasteiger partial charge in [-0.3, -0.25) is 4.79 Å². The molecule has 1 fully saturated rings. The summed E-state index contributed by atoms with van der Waals surface area (Å²) >= 11 is 0. The molecule has 5 heteroatoms. The zero-order valence-electron chi connectivity index (χ0n) is 7.39. The van der Waals surface area contributed by atoms with Gasteiger partial charge in [-0.2, -0.15) is 13.9 Å². The topological polar surface area (TPSA) is 41.5 Å². The van der Waals surface area contributed by atoms with Gasteiger partial charge in [0.25, 0.3) is 0 Å². The molecule has 1 aliphatic rings. The lowest BCUT2D eigenvalue weighted by atomic mass is 9.82. The Kier molecular flexibility index (Phi) is 3.33. The monoisotopic (exact) mass is 190 g/mol. The second kappa shape index (κ2) is 4.30. The predicted molar refractivity (Wildman–Crippen MR) is 44.6 cm³/mol. The molecule has 0 aromatic rings. The van der Waals surface area contributed by atoms with Crippen LogP contribution < -0.4 is 5.43 Å². The van der Waals surface area contributed by atoms with Crippen molar-refractivity contribution in [2.45, 2.75) is 32.6 Å². The quantitative estimate of drug-likeness (QED) is 0.532. The molecular formula is C8H12F2N2O. The summed E-state index contributed by atoms with van der Waals surface area (Å²) in [5, 5.41) is 3.60. The standard InChI is InChI=1S/C8H12F2N2O/c1-5(6-3-2-4-6)11-12-8(13)7(9)10/h6-7H,2-4H2,1H3,(H,12,13)/b11-5+. The van der Waals surface area contributed by atoms with Gasteiger partial charge in [0, 0.05) is 5.71 Å². The average molecular weight is 190 g/mol. The summed E-state index contributed by atoms with van der Waals surface area (Å²) in [6.45, 7) is 1.75. The normalized spacial score (nSPS) is 18.6. The number of nitrogens with one attached hydrogen (secondary N) is 1. The highest BCUT2D eigenvalue weighted by molar-refractivity contribution is 5.87. The van der Waals surface area contributed by atoms with Crippen LogP contribution in [0.2, 0.25) is 0 Å². The Bertz CT molecular complexity index is 224. The predicted octanol–water partition coefficient (Wildman–Crippen LogP) is 1.54. The smallest absolute Gasteiger partial charge is 0.266 e. The Morgan fingerprint density at radius 1 is 1.54 bits per heavy atom. The van der Waals surface area contributed by atoms with Gasteiger partial charge in [0.1, 0.15) is 0 Å². The first-order valence-corrected chi connectivity index (χ1v) is 4.23. The van der Waals surface area contributed by atoms with Gasteiger partial charge >= 0.3 is 12.3 Å². The summed E-state index contributed by atoms with van der Waals surface area (Å²) in [6, 6.07) is 0. The fourth-order valence-corrected chi connectivity index (χ4v) is 1.11. The first kappa shape index (κ1) is 10.1. The molecule has 1 saturated carbocycles. The number of carbonyl (C=O) groups is 1. The van der Waals surface area contributed by atoms with E-state index in [9.17, 15) is 13.6 Å². The molecule has 1 amide bonds. The Hall–Kier alpha value is -1.00. The highest BCUT2D eigenvalue weighted by Gasteiger charge is 2.21. The largest absolute Gasteiger partial charge is 0.317 e. The third kappa shape index (κ3) is 2.75. The van der Waals surface area contributed by atoms with Crippen molar-refractivity contribution in [3.05, 3.63) is 0 Å². The van der Waals surface area contributed by atoms with E-state index in [1.54, 1.807) is 6.92 Å². The van der Waals surface area contributed by atoms with Crippen molar-refractivity contribution in [3.63, 3.8) is 0 Å². The second-order valence-corrected chi connectivity index (χ2v) is 3.16. The number of alkyl halides is 2. The van der Waals surface area contributed by atoms with Crippen LogP contribution in [0.25, 0.3) is 0 Å². The number of hydrazone groups is 1. The van der Waals surface area contributed by atoms with E-state index in [0.29, 0.717) is 5.92 Å². The van der Waals surface area contributed by atoms with Gasteiger partial charge < -0.3 is 0 Å². The summed E-state index contributed by atoms with van der Waals surface area (Å²) < 4.78 is 23.4. The Morgan fingerprint density at radius 2 is 2.15 bits per heavy atom. The molecule has 0 radical (unpaired) electrons. The number of halogens is 2. The number of carbonyl (C=O) groups excluding carboxylic acids is 1. The lowest BCUT2D eigenvalue weighted by Gasteiger charge is -2.24. The number of rotatable bonds is 3. The fraction of sp³-hybridized carbons (Fsp3) is 0.750. The van der Waals surface area contributed by atoms with E-state index in [2.05, 4.69) is 5.10 Å². The third-order valence-corrected chi connectivity index (χ3v) is 2.24.